The predicted octanol–water partition coefficient (Wildman–Crippen LogP) is 2.33. The summed E-state index contributed by atoms with van der Waals surface area (Å²) in [6.07, 6.45) is 1.63. The summed E-state index contributed by atoms with van der Waals surface area (Å²) in [6.45, 7) is 8.65. The van der Waals surface area contributed by atoms with Gasteiger partial charge in [0.1, 0.15) is 0 Å². The number of benzene rings is 1. The zero-order valence-electron chi connectivity index (χ0n) is 15.0. The fraction of sp³-hybridized carbons (Fsp3) is 0.579. The lowest BCUT2D eigenvalue weighted by atomic mass is 9.80. The molecule has 1 fully saturated rings. The molecule has 2 N–H and O–H groups in total. The summed E-state index contributed by atoms with van der Waals surface area (Å²) in [6, 6.07) is 8.44. The van der Waals surface area contributed by atoms with E-state index in [2.05, 4.69) is 5.32 Å². The van der Waals surface area contributed by atoms with E-state index in [0.717, 1.165) is 18.4 Å². The van der Waals surface area contributed by atoms with Crippen LogP contribution in [0.15, 0.2) is 24.3 Å². The highest BCUT2D eigenvalue weighted by molar-refractivity contribution is 5.87. The Balaban J connectivity index is 1.89. The molecule has 1 aromatic rings. The number of carboxylic acid groups (broad SMARTS) is 1. The van der Waals surface area contributed by atoms with E-state index >= 15 is 0 Å². The molecule has 0 aliphatic heterocycles. The number of aliphatic carboxylic acids is 1. The maximum atomic E-state index is 12.7. The van der Waals surface area contributed by atoms with Crippen LogP contribution in [-0.2, 0) is 15.0 Å². The van der Waals surface area contributed by atoms with Gasteiger partial charge in [-0.2, -0.15) is 0 Å². The number of rotatable bonds is 7. The van der Waals surface area contributed by atoms with Crippen molar-refractivity contribution in [3.8, 4) is 0 Å². The third-order valence-electron chi connectivity index (χ3n) is 5.05. The number of carbonyl (C=O) groups is 2. The lowest BCUT2D eigenvalue weighted by Gasteiger charge is -2.43. The van der Waals surface area contributed by atoms with Crippen LogP contribution in [0.4, 0.5) is 0 Å². The Morgan fingerprint density at radius 2 is 1.83 bits per heavy atom. The number of carboxylic acids is 1. The minimum atomic E-state index is -0.801. The highest BCUT2D eigenvalue weighted by Crippen LogP contribution is 2.29. The van der Waals surface area contributed by atoms with Gasteiger partial charge in [-0.3, -0.25) is 14.5 Å². The van der Waals surface area contributed by atoms with Crippen LogP contribution in [0.2, 0.25) is 0 Å². The van der Waals surface area contributed by atoms with Gasteiger partial charge in [0.05, 0.1) is 12.0 Å². The molecule has 5 heteroatoms. The van der Waals surface area contributed by atoms with Crippen LogP contribution in [0.5, 0.6) is 0 Å². The molecule has 0 unspecified atom stereocenters. The van der Waals surface area contributed by atoms with E-state index in [0.29, 0.717) is 6.54 Å². The maximum Gasteiger partial charge on any atom is 0.317 e. The number of nitrogens with zero attached hydrogens (tertiary/aromatic N) is 1. The Bertz CT molecular complexity index is 589. The van der Waals surface area contributed by atoms with Crippen molar-refractivity contribution in [2.24, 2.45) is 0 Å². The molecular formula is C19H28N2O3. The summed E-state index contributed by atoms with van der Waals surface area (Å²) < 4.78 is 0. The van der Waals surface area contributed by atoms with Gasteiger partial charge in [-0.25, -0.2) is 0 Å². The molecular weight excluding hydrogens is 304 g/mol. The number of hydrogen-bond donors (Lipinski definition) is 2. The van der Waals surface area contributed by atoms with Gasteiger partial charge in [0, 0.05) is 12.1 Å². The number of nitrogens with one attached hydrogen (secondary N) is 1. The predicted molar refractivity (Wildman–Crippen MR) is 94.0 cm³/mol. The van der Waals surface area contributed by atoms with Gasteiger partial charge in [-0.05, 0) is 45.7 Å². The maximum absolute atomic E-state index is 12.7. The van der Waals surface area contributed by atoms with Gasteiger partial charge in [-0.1, -0.05) is 36.8 Å². The van der Waals surface area contributed by atoms with Crippen molar-refractivity contribution >= 4 is 11.9 Å². The van der Waals surface area contributed by atoms with Crippen molar-refractivity contribution in [3.05, 3.63) is 35.4 Å². The molecule has 5 nitrogen and oxygen atoms in total. The average molecular weight is 332 g/mol. The van der Waals surface area contributed by atoms with Crippen LogP contribution in [0.3, 0.4) is 0 Å². The Morgan fingerprint density at radius 3 is 2.33 bits per heavy atom. The third kappa shape index (κ3) is 4.15. The molecule has 0 aromatic heterocycles. The van der Waals surface area contributed by atoms with Crippen molar-refractivity contribution in [1.29, 1.82) is 0 Å². The second-order valence-corrected chi connectivity index (χ2v) is 7.24. The van der Waals surface area contributed by atoms with E-state index in [1.807, 2.05) is 56.9 Å². The second kappa shape index (κ2) is 7.34. The normalized spacial score (nSPS) is 20.5. The van der Waals surface area contributed by atoms with Crippen molar-refractivity contribution in [2.75, 3.05) is 13.1 Å². The van der Waals surface area contributed by atoms with Crippen LogP contribution in [0.1, 0.15) is 44.7 Å². The smallest absolute Gasteiger partial charge is 0.317 e. The minimum absolute atomic E-state index is 0.0242. The Hall–Kier alpha value is -1.88. The molecule has 1 amide bonds. The van der Waals surface area contributed by atoms with Gasteiger partial charge in [0.2, 0.25) is 5.91 Å². The van der Waals surface area contributed by atoms with Gasteiger partial charge >= 0.3 is 5.97 Å². The fourth-order valence-corrected chi connectivity index (χ4v) is 3.14. The minimum Gasteiger partial charge on any atom is -0.480 e. The second-order valence-electron chi connectivity index (χ2n) is 7.24. The lowest BCUT2D eigenvalue weighted by molar-refractivity contribution is -0.140. The van der Waals surface area contributed by atoms with Crippen molar-refractivity contribution < 1.29 is 14.7 Å². The molecule has 0 atom stereocenters. The topological polar surface area (TPSA) is 69.6 Å². The summed E-state index contributed by atoms with van der Waals surface area (Å²) in [4.78, 5) is 25.5. The molecule has 0 radical (unpaired) electrons. The zero-order valence-corrected chi connectivity index (χ0v) is 15.0. The first-order valence-corrected chi connectivity index (χ1v) is 8.58. The van der Waals surface area contributed by atoms with Crippen molar-refractivity contribution in [2.45, 2.75) is 58.0 Å². The standard InChI is InChI=1S/C19H28N2O3/c1-5-21(12-17(22)23)16-10-15(11-16)20-18(24)19(3,4)14-8-6-13(2)7-9-14/h6-9,15-16H,5,10-12H2,1-4H3,(H,20,24)(H,22,23). The number of hydrogen-bond acceptors (Lipinski definition) is 3. The molecule has 2 rings (SSSR count). The molecule has 132 valence electrons. The van der Waals surface area contributed by atoms with E-state index in [1.165, 1.54) is 5.56 Å². The largest absolute Gasteiger partial charge is 0.480 e. The molecule has 0 heterocycles. The molecule has 1 aliphatic carbocycles. The molecule has 24 heavy (non-hydrogen) atoms. The van der Waals surface area contributed by atoms with Gasteiger partial charge in [-0.15, -0.1) is 0 Å². The number of carbonyl (C=O) groups excluding carboxylic acids is 1. The first kappa shape index (κ1) is 18.5. The van der Waals surface area contributed by atoms with Gasteiger partial charge in [0.25, 0.3) is 0 Å². The van der Waals surface area contributed by atoms with E-state index in [4.69, 9.17) is 5.11 Å². The van der Waals surface area contributed by atoms with Gasteiger partial charge < -0.3 is 10.4 Å². The summed E-state index contributed by atoms with van der Waals surface area (Å²) in [5.74, 6) is -0.777. The number of aryl methyl sites for hydroxylation is 1. The van der Waals surface area contributed by atoms with Crippen LogP contribution < -0.4 is 5.32 Å². The van der Waals surface area contributed by atoms with Crippen LogP contribution in [0.25, 0.3) is 0 Å². The first-order chi connectivity index (χ1) is 11.2. The van der Waals surface area contributed by atoms with E-state index in [1.54, 1.807) is 0 Å². The molecule has 1 aromatic carbocycles. The van der Waals surface area contributed by atoms with Crippen LogP contribution in [0, 0.1) is 6.92 Å². The Morgan fingerprint density at radius 1 is 1.25 bits per heavy atom. The molecule has 1 aliphatic rings. The van der Waals surface area contributed by atoms with Crippen LogP contribution in [-0.4, -0.2) is 47.1 Å². The SMILES string of the molecule is CCN(CC(=O)O)C1CC(NC(=O)C(C)(C)c2ccc(C)cc2)C1. The quantitative estimate of drug-likeness (QED) is 0.804. The van der Waals surface area contributed by atoms with Crippen molar-refractivity contribution in [3.63, 3.8) is 0 Å². The monoisotopic (exact) mass is 332 g/mol. The highest BCUT2D eigenvalue weighted by atomic mass is 16.4. The zero-order chi connectivity index (χ0) is 17.9. The first-order valence-electron chi connectivity index (χ1n) is 8.58. The molecule has 0 spiro atoms. The van der Waals surface area contributed by atoms with E-state index in [9.17, 15) is 9.59 Å². The molecule has 1 saturated carbocycles. The van der Waals surface area contributed by atoms with E-state index < -0.39 is 11.4 Å². The summed E-state index contributed by atoms with van der Waals surface area (Å²) in [5, 5.41) is 12.1. The molecule has 0 bridgehead atoms. The highest BCUT2D eigenvalue weighted by Gasteiger charge is 2.38. The van der Waals surface area contributed by atoms with E-state index in [-0.39, 0.29) is 24.5 Å². The third-order valence-corrected chi connectivity index (χ3v) is 5.05. The molecule has 0 saturated heterocycles. The van der Waals surface area contributed by atoms with Crippen LogP contribution >= 0.6 is 0 Å². The lowest BCUT2D eigenvalue weighted by Crippen LogP contribution is -2.57. The Kier molecular flexibility index (Phi) is 5.65. The number of likely N-dealkylation sites (N-methyl/N-ethyl adjacent to an activating group) is 1. The summed E-state index contributed by atoms with van der Waals surface area (Å²) in [5.41, 5.74) is 1.60. The Labute approximate surface area is 144 Å². The van der Waals surface area contributed by atoms with Gasteiger partial charge in [0.15, 0.2) is 0 Å². The average Bonchev–Trinajstić information content (AvgIpc) is 2.48. The fourth-order valence-electron chi connectivity index (χ4n) is 3.14. The van der Waals surface area contributed by atoms with Crippen molar-refractivity contribution in [1.82, 2.24) is 10.2 Å². The number of amides is 1. The summed E-state index contributed by atoms with van der Waals surface area (Å²) in [7, 11) is 0. The summed E-state index contributed by atoms with van der Waals surface area (Å²) >= 11 is 0.